The van der Waals surface area contributed by atoms with Gasteiger partial charge in [0.2, 0.25) is 5.91 Å². The highest BCUT2D eigenvalue weighted by atomic mass is 16.1. The first-order valence-corrected chi connectivity index (χ1v) is 4.97. The van der Waals surface area contributed by atoms with Gasteiger partial charge in [-0.1, -0.05) is 20.8 Å². The third kappa shape index (κ3) is 14.0. The van der Waals surface area contributed by atoms with Gasteiger partial charge >= 0.3 is 0 Å². The summed E-state index contributed by atoms with van der Waals surface area (Å²) in [5.74, 6) is 0.0388. The topological polar surface area (TPSA) is 41.5 Å². The van der Waals surface area contributed by atoms with E-state index in [1.54, 1.807) is 0 Å². The highest BCUT2D eigenvalue weighted by Gasteiger charge is 1.93. The lowest BCUT2D eigenvalue weighted by Gasteiger charge is -1.97. The van der Waals surface area contributed by atoms with Gasteiger partial charge in [-0.3, -0.25) is 9.79 Å². The molecule has 0 saturated heterocycles. The first-order valence-electron chi connectivity index (χ1n) is 4.97. The number of amides is 1. The predicted molar refractivity (Wildman–Crippen MR) is 58.0 cm³/mol. The van der Waals surface area contributed by atoms with Crippen LogP contribution < -0.4 is 5.32 Å². The van der Waals surface area contributed by atoms with Crippen LogP contribution in [0.5, 0.6) is 0 Å². The molecule has 3 heteroatoms. The van der Waals surface area contributed by atoms with Gasteiger partial charge in [0.05, 0.1) is 6.34 Å². The van der Waals surface area contributed by atoms with Gasteiger partial charge in [0, 0.05) is 12.5 Å². The van der Waals surface area contributed by atoms with Crippen molar-refractivity contribution in [2.45, 2.75) is 53.5 Å². The average Bonchev–Trinajstić information content (AvgIpc) is 2.08. The monoisotopic (exact) mass is 186 g/mol. The Hall–Kier alpha value is -0.860. The van der Waals surface area contributed by atoms with Gasteiger partial charge < -0.3 is 5.32 Å². The number of nitrogens with one attached hydrogen (secondary N) is 1. The van der Waals surface area contributed by atoms with E-state index < -0.39 is 0 Å². The quantitative estimate of drug-likeness (QED) is 0.531. The molecule has 0 aromatic rings. The number of rotatable bonds is 4. The third-order valence-corrected chi connectivity index (χ3v) is 1.08. The van der Waals surface area contributed by atoms with Gasteiger partial charge in [-0.15, -0.1) is 0 Å². The van der Waals surface area contributed by atoms with Crippen molar-refractivity contribution < 1.29 is 4.79 Å². The maximum Gasteiger partial charge on any atom is 0.225 e. The molecule has 0 unspecified atom stereocenters. The Labute approximate surface area is 81.6 Å². The van der Waals surface area contributed by atoms with Gasteiger partial charge in [-0.2, -0.15) is 0 Å². The summed E-state index contributed by atoms with van der Waals surface area (Å²) in [6.07, 6.45) is 2.92. The van der Waals surface area contributed by atoms with Gasteiger partial charge in [-0.05, 0) is 20.3 Å². The summed E-state index contributed by atoms with van der Waals surface area (Å²) in [6.45, 7) is 9.89. The zero-order valence-corrected chi connectivity index (χ0v) is 9.42. The Balaban J connectivity index is 0. The first kappa shape index (κ1) is 14.7. The van der Waals surface area contributed by atoms with Gasteiger partial charge in [0.1, 0.15) is 0 Å². The SMILES string of the molecule is CC.CCCC(=O)NC=NC(C)C. The van der Waals surface area contributed by atoms with E-state index in [9.17, 15) is 4.79 Å². The molecule has 3 nitrogen and oxygen atoms in total. The van der Waals surface area contributed by atoms with E-state index >= 15 is 0 Å². The van der Waals surface area contributed by atoms with Crippen LogP contribution in [0.4, 0.5) is 0 Å². The molecule has 0 atom stereocenters. The molecule has 1 N–H and O–H groups in total. The molecule has 0 saturated carbocycles. The number of carbonyl (C=O) groups is 1. The molecule has 0 heterocycles. The summed E-state index contributed by atoms with van der Waals surface area (Å²) >= 11 is 0. The van der Waals surface area contributed by atoms with Crippen LogP contribution in [-0.2, 0) is 4.79 Å². The van der Waals surface area contributed by atoms with Crippen LogP contribution in [0.3, 0.4) is 0 Å². The summed E-state index contributed by atoms with van der Waals surface area (Å²) in [7, 11) is 0. The Kier molecular flexibility index (Phi) is 12.6. The second-order valence-corrected chi connectivity index (χ2v) is 2.69. The lowest BCUT2D eigenvalue weighted by molar-refractivity contribution is -0.119. The van der Waals surface area contributed by atoms with E-state index in [4.69, 9.17) is 0 Å². The number of nitrogens with zero attached hydrogens (tertiary/aromatic N) is 1. The fourth-order valence-electron chi connectivity index (χ4n) is 0.558. The zero-order valence-electron chi connectivity index (χ0n) is 9.42. The fourth-order valence-corrected chi connectivity index (χ4v) is 0.558. The minimum atomic E-state index is 0.0388. The molecule has 0 spiro atoms. The highest BCUT2D eigenvalue weighted by molar-refractivity contribution is 5.87. The van der Waals surface area contributed by atoms with Gasteiger partial charge in [-0.25, -0.2) is 0 Å². The molecule has 0 bridgehead atoms. The molecular formula is C10H22N2O. The predicted octanol–water partition coefficient (Wildman–Crippen LogP) is 2.37. The smallest absolute Gasteiger partial charge is 0.225 e. The van der Waals surface area contributed by atoms with Crippen LogP contribution >= 0.6 is 0 Å². The molecule has 0 aromatic heterocycles. The van der Waals surface area contributed by atoms with Gasteiger partial charge in [0.25, 0.3) is 0 Å². The summed E-state index contributed by atoms with van der Waals surface area (Å²) in [5.41, 5.74) is 0. The van der Waals surface area contributed by atoms with Crippen molar-refractivity contribution >= 4 is 12.2 Å². The molecule has 13 heavy (non-hydrogen) atoms. The van der Waals surface area contributed by atoms with E-state index in [0.29, 0.717) is 6.42 Å². The lowest BCUT2D eigenvalue weighted by Crippen LogP contribution is -2.21. The van der Waals surface area contributed by atoms with E-state index in [1.807, 2.05) is 34.6 Å². The van der Waals surface area contributed by atoms with Crippen molar-refractivity contribution in [1.29, 1.82) is 0 Å². The second-order valence-electron chi connectivity index (χ2n) is 2.69. The standard InChI is InChI=1S/C8H16N2O.C2H6/c1-4-5-8(11)10-6-9-7(2)3;1-2/h6-7H,4-5H2,1-3H3,(H,9,10,11);1-2H3. The highest BCUT2D eigenvalue weighted by Crippen LogP contribution is 1.85. The van der Waals surface area contributed by atoms with Crippen molar-refractivity contribution in [2.24, 2.45) is 4.99 Å². The number of aliphatic imine (C=N–C) groups is 1. The fraction of sp³-hybridized carbons (Fsp3) is 0.800. The Morgan fingerprint density at radius 1 is 1.46 bits per heavy atom. The molecule has 0 aliphatic rings. The summed E-state index contributed by atoms with van der Waals surface area (Å²) < 4.78 is 0. The molecular weight excluding hydrogens is 164 g/mol. The molecule has 0 rings (SSSR count). The Morgan fingerprint density at radius 3 is 2.38 bits per heavy atom. The number of hydrogen-bond acceptors (Lipinski definition) is 2. The summed E-state index contributed by atoms with van der Waals surface area (Å²) in [6, 6.07) is 0.247. The van der Waals surface area contributed by atoms with E-state index in [2.05, 4.69) is 10.3 Å². The first-order chi connectivity index (χ1) is 6.16. The Bertz CT molecular complexity index is 142. The van der Waals surface area contributed by atoms with Crippen LogP contribution in [0.1, 0.15) is 47.5 Å². The average molecular weight is 186 g/mol. The van der Waals surface area contributed by atoms with Gasteiger partial charge in [0.15, 0.2) is 0 Å². The molecule has 0 radical (unpaired) electrons. The van der Waals surface area contributed by atoms with Crippen LogP contribution in [0.15, 0.2) is 4.99 Å². The van der Waals surface area contributed by atoms with Crippen molar-refractivity contribution in [3.63, 3.8) is 0 Å². The van der Waals surface area contributed by atoms with Crippen molar-refractivity contribution in [2.75, 3.05) is 0 Å². The summed E-state index contributed by atoms with van der Waals surface area (Å²) in [5, 5.41) is 2.58. The lowest BCUT2D eigenvalue weighted by atomic mass is 10.3. The third-order valence-electron chi connectivity index (χ3n) is 1.08. The van der Waals surface area contributed by atoms with E-state index in [0.717, 1.165) is 6.42 Å². The summed E-state index contributed by atoms with van der Waals surface area (Å²) in [4.78, 5) is 14.8. The van der Waals surface area contributed by atoms with Crippen molar-refractivity contribution in [3.05, 3.63) is 0 Å². The molecule has 0 fully saturated rings. The maximum atomic E-state index is 10.8. The minimum Gasteiger partial charge on any atom is -0.317 e. The van der Waals surface area contributed by atoms with Crippen LogP contribution in [0.25, 0.3) is 0 Å². The van der Waals surface area contributed by atoms with Crippen LogP contribution in [0, 0.1) is 0 Å². The van der Waals surface area contributed by atoms with Crippen LogP contribution in [-0.4, -0.2) is 18.3 Å². The zero-order chi connectivity index (χ0) is 10.7. The minimum absolute atomic E-state index is 0.0388. The second kappa shape index (κ2) is 11.1. The normalized spacial score (nSPS) is 9.69. The largest absolute Gasteiger partial charge is 0.317 e. The van der Waals surface area contributed by atoms with Crippen molar-refractivity contribution in [3.8, 4) is 0 Å². The molecule has 0 aliphatic heterocycles. The van der Waals surface area contributed by atoms with Crippen LogP contribution in [0.2, 0.25) is 0 Å². The Morgan fingerprint density at radius 2 is 2.00 bits per heavy atom. The molecule has 0 aliphatic carbocycles. The molecule has 0 aromatic carbocycles. The molecule has 1 amide bonds. The number of hydrogen-bond donors (Lipinski definition) is 1. The van der Waals surface area contributed by atoms with E-state index in [1.165, 1.54) is 6.34 Å². The maximum absolute atomic E-state index is 10.8. The van der Waals surface area contributed by atoms with Crippen molar-refractivity contribution in [1.82, 2.24) is 5.32 Å². The van der Waals surface area contributed by atoms with E-state index in [-0.39, 0.29) is 11.9 Å². The number of carbonyl (C=O) groups excluding carboxylic acids is 1. The molecule has 78 valence electrons.